The molecule has 388 valence electrons. The Labute approximate surface area is 400 Å². The molecule has 1 saturated heterocycles. The van der Waals surface area contributed by atoms with Crippen LogP contribution in [0, 0.1) is 0 Å². The maximum absolute atomic E-state index is 13.1. The first-order valence-electron chi connectivity index (χ1n) is 28.3. The molecule has 1 aliphatic rings. The minimum atomic E-state index is -1.59. The summed E-state index contributed by atoms with van der Waals surface area (Å²) in [5.41, 5.74) is 0. The van der Waals surface area contributed by atoms with Gasteiger partial charge in [-0.15, -0.1) is 0 Å². The smallest absolute Gasteiger partial charge is 0.249 e. The Bertz CT molecular complexity index is 1000. The molecule has 1 fully saturated rings. The number of carbonyl (C=O) groups excluding carboxylic acids is 1. The van der Waals surface area contributed by atoms with Crippen LogP contribution in [0.15, 0.2) is 0 Å². The van der Waals surface area contributed by atoms with Crippen LogP contribution in [0.4, 0.5) is 0 Å². The molecule has 1 heterocycles. The van der Waals surface area contributed by atoms with Crippen LogP contribution in [0.25, 0.3) is 0 Å². The predicted octanol–water partition coefficient (Wildman–Crippen LogP) is 12.4. The lowest BCUT2D eigenvalue weighted by Crippen LogP contribution is -2.60. The second-order valence-electron chi connectivity index (χ2n) is 20.2. The molecule has 0 aromatic carbocycles. The number of nitrogens with one attached hydrogen (secondary N) is 1. The summed E-state index contributed by atoms with van der Waals surface area (Å²) in [5, 5.41) is 65.0. The van der Waals surface area contributed by atoms with Gasteiger partial charge in [-0.1, -0.05) is 271 Å². The molecule has 1 rings (SSSR count). The van der Waals surface area contributed by atoms with Gasteiger partial charge in [0.1, 0.15) is 30.5 Å². The summed E-state index contributed by atoms with van der Waals surface area (Å²) < 4.78 is 11.2. The number of aliphatic hydroxyl groups is 6. The highest BCUT2D eigenvalue weighted by atomic mass is 16.7. The highest BCUT2D eigenvalue weighted by Crippen LogP contribution is 2.23. The molecule has 0 aliphatic carbocycles. The fraction of sp³-hybridized carbons (Fsp3) is 0.982. The first kappa shape index (κ1) is 62.2. The second kappa shape index (κ2) is 45.6. The second-order valence-corrected chi connectivity index (χ2v) is 20.2. The number of unbranched alkanes of at least 4 members (excludes halogenated alkanes) is 38. The SMILES string of the molecule is CCCCCCCCCCCCCCCCCCCCCCCCCCCCCCC(O)C(=O)NC(COC1OC(CO)C(O)C(O)C1O)C(O)CCCCCCCCCCCCCC. The molecule has 0 aromatic heterocycles. The van der Waals surface area contributed by atoms with E-state index in [9.17, 15) is 35.4 Å². The molecule has 65 heavy (non-hydrogen) atoms. The normalized spacial score (nSPS) is 20.3. The minimum absolute atomic E-state index is 0.250. The van der Waals surface area contributed by atoms with Gasteiger partial charge in [0, 0.05) is 0 Å². The van der Waals surface area contributed by atoms with Crippen molar-refractivity contribution in [2.24, 2.45) is 0 Å². The average molecular weight is 928 g/mol. The summed E-state index contributed by atoms with van der Waals surface area (Å²) in [4.78, 5) is 13.1. The van der Waals surface area contributed by atoms with Crippen molar-refractivity contribution in [3.8, 4) is 0 Å². The van der Waals surface area contributed by atoms with E-state index >= 15 is 0 Å². The third-order valence-corrected chi connectivity index (χ3v) is 14.1. The summed E-state index contributed by atoms with van der Waals surface area (Å²) in [6.07, 6.45) is 43.2. The van der Waals surface area contributed by atoms with Gasteiger partial charge in [0.15, 0.2) is 6.29 Å². The molecule has 10 heteroatoms. The number of hydrogen-bond donors (Lipinski definition) is 7. The molecule has 10 nitrogen and oxygen atoms in total. The Hall–Kier alpha value is -0.850. The van der Waals surface area contributed by atoms with Gasteiger partial charge in [-0.25, -0.2) is 0 Å². The van der Waals surface area contributed by atoms with E-state index in [0.29, 0.717) is 12.8 Å². The number of aliphatic hydroxyl groups excluding tert-OH is 6. The Morgan fingerprint density at radius 3 is 1.09 bits per heavy atom. The fourth-order valence-corrected chi connectivity index (χ4v) is 9.47. The lowest BCUT2D eigenvalue weighted by molar-refractivity contribution is -0.302. The molecule has 0 saturated carbocycles. The Morgan fingerprint density at radius 2 is 0.769 bits per heavy atom. The van der Waals surface area contributed by atoms with Crippen molar-refractivity contribution in [1.29, 1.82) is 0 Å². The van der Waals surface area contributed by atoms with Crippen LogP contribution in [-0.4, -0.2) is 98.7 Å². The van der Waals surface area contributed by atoms with Gasteiger partial charge in [-0.2, -0.15) is 0 Å². The summed E-state index contributed by atoms with van der Waals surface area (Å²) in [7, 11) is 0. The Kier molecular flexibility index (Phi) is 43.6. The number of amides is 1. The molecule has 0 aromatic rings. The number of ether oxygens (including phenoxy) is 2. The molecule has 7 N–H and O–H groups in total. The van der Waals surface area contributed by atoms with Gasteiger partial charge in [0.2, 0.25) is 5.91 Å². The highest BCUT2D eigenvalue weighted by molar-refractivity contribution is 5.80. The van der Waals surface area contributed by atoms with Gasteiger partial charge < -0.3 is 45.4 Å². The third kappa shape index (κ3) is 35.0. The molecule has 0 bridgehead atoms. The van der Waals surface area contributed by atoms with E-state index in [1.54, 1.807) is 0 Å². The first-order chi connectivity index (χ1) is 31.8. The largest absolute Gasteiger partial charge is 0.394 e. The zero-order valence-electron chi connectivity index (χ0n) is 42.6. The molecule has 1 aliphatic heterocycles. The lowest BCUT2D eigenvalue weighted by Gasteiger charge is -2.40. The van der Waals surface area contributed by atoms with E-state index in [1.807, 2.05) is 0 Å². The van der Waals surface area contributed by atoms with Crippen LogP contribution in [0.5, 0.6) is 0 Å². The van der Waals surface area contributed by atoms with E-state index < -0.39 is 61.5 Å². The van der Waals surface area contributed by atoms with Crippen LogP contribution in [0.2, 0.25) is 0 Å². The summed E-state index contributed by atoms with van der Waals surface area (Å²) in [6, 6.07) is -0.888. The average Bonchev–Trinajstić information content (AvgIpc) is 3.31. The highest BCUT2D eigenvalue weighted by Gasteiger charge is 2.44. The van der Waals surface area contributed by atoms with Crippen molar-refractivity contribution in [3.63, 3.8) is 0 Å². The maximum atomic E-state index is 13.1. The van der Waals surface area contributed by atoms with Crippen molar-refractivity contribution >= 4 is 5.91 Å². The zero-order valence-corrected chi connectivity index (χ0v) is 42.6. The first-order valence-corrected chi connectivity index (χ1v) is 28.3. The van der Waals surface area contributed by atoms with Crippen LogP contribution in [0.3, 0.4) is 0 Å². The van der Waals surface area contributed by atoms with Crippen LogP contribution < -0.4 is 5.32 Å². The Morgan fingerprint density at radius 1 is 0.462 bits per heavy atom. The number of carbonyl (C=O) groups is 1. The summed E-state index contributed by atoms with van der Waals surface area (Å²) >= 11 is 0. The van der Waals surface area contributed by atoms with Crippen LogP contribution >= 0.6 is 0 Å². The lowest BCUT2D eigenvalue weighted by atomic mass is 9.99. The zero-order chi connectivity index (χ0) is 47.4. The summed E-state index contributed by atoms with van der Waals surface area (Å²) in [6.45, 7) is 3.70. The molecule has 8 atom stereocenters. The van der Waals surface area contributed by atoms with E-state index in [2.05, 4.69) is 19.2 Å². The Balaban J connectivity index is 2.16. The quantitative estimate of drug-likeness (QED) is 0.0294. The third-order valence-electron chi connectivity index (χ3n) is 14.1. The van der Waals surface area contributed by atoms with Crippen LogP contribution in [-0.2, 0) is 14.3 Å². The molecule has 0 spiro atoms. The van der Waals surface area contributed by atoms with Gasteiger partial charge >= 0.3 is 0 Å². The van der Waals surface area contributed by atoms with Gasteiger partial charge in [0.05, 0.1) is 25.4 Å². The monoisotopic (exact) mass is 928 g/mol. The van der Waals surface area contributed by atoms with Crippen molar-refractivity contribution in [1.82, 2.24) is 5.32 Å². The van der Waals surface area contributed by atoms with E-state index in [4.69, 9.17) is 9.47 Å². The van der Waals surface area contributed by atoms with Crippen molar-refractivity contribution in [2.45, 2.75) is 332 Å². The van der Waals surface area contributed by atoms with Gasteiger partial charge in [-0.3, -0.25) is 4.79 Å². The van der Waals surface area contributed by atoms with Gasteiger partial charge in [-0.05, 0) is 12.8 Å². The molecule has 8 unspecified atom stereocenters. The molecular formula is C55H109NO9. The molecule has 1 amide bonds. The standard InChI is InChI=1S/C55H109NO9/c1-3-5-7-9-11-13-15-17-18-19-20-21-22-23-24-25-26-27-28-29-30-31-32-34-36-38-40-42-44-49(59)54(63)56-47(46-64-55-53(62)52(61)51(60)50(45-57)65-55)48(58)43-41-39-37-35-33-16-14-12-10-8-6-4-2/h47-53,55,57-62H,3-46H2,1-2H3,(H,56,63). The van der Waals surface area contributed by atoms with E-state index in [-0.39, 0.29) is 6.61 Å². The minimum Gasteiger partial charge on any atom is -0.394 e. The topological polar surface area (TPSA) is 169 Å². The van der Waals surface area contributed by atoms with Crippen molar-refractivity contribution in [2.75, 3.05) is 13.2 Å². The van der Waals surface area contributed by atoms with E-state index in [1.165, 1.54) is 212 Å². The number of rotatable bonds is 49. The maximum Gasteiger partial charge on any atom is 0.249 e. The number of hydrogen-bond acceptors (Lipinski definition) is 9. The molecule has 0 radical (unpaired) electrons. The van der Waals surface area contributed by atoms with Crippen LogP contribution in [0.1, 0.15) is 284 Å². The van der Waals surface area contributed by atoms with E-state index in [0.717, 1.165) is 44.9 Å². The fourth-order valence-electron chi connectivity index (χ4n) is 9.47. The summed E-state index contributed by atoms with van der Waals surface area (Å²) in [5.74, 6) is -0.578. The molecular weight excluding hydrogens is 819 g/mol. The predicted molar refractivity (Wildman–Crippen MR) is 269 cm³/mol. The van der Waals surface area contributed by atoms with Gasteiger partial charge in [0.25, 0.3) is 0 Å². The van der Waals surface area contributed by atoms with Crippen molar-refractivity contribution < 1.29 is 44.9 Å². The van der Waals surface area contributed by atoms with Crippen molar-refractivity contribution in [3.05, 3.63) is 0 Å².